The van der Waals surface area contributed by atoms with Crippen molar-refractivity contribution in [3.05, 3.63) is 71.8 Å². The molecule has 0 amide bonds. The molecule has 4 nitrogen and oxygen atoms in total. The van der Waals surface area contributed by atoms with Crippen molar-refractivity contribution in [2.24, 2.45) is 0 Å². The van der Waals surface area contributed by atoms with Crippen LogP contribution in [0.5, 0.6) is 23.0 Å². The maximum Gasteiger partial charge on any atom is 0.161 e. The van der Waals surface area contributed by atoms with Gasteiger partial charge in [-0.3, -0.25) is 0 Å². The van der Waals surface area contributed by atoms with Crippen LogP contribution in [-0.4, -0.2) is 21.3 Å². The van der Waals surface area contributed by atoms with Gasteiger partial charge >= 0.3 is 0 Å². The van der Waals surface area contributed by atoms with Crippen molar-refractivity contribution in [1.29, 1.82) is 0 Å². The summed E-state index contributed by atoms with van der Waals surface area (Å²) in [4.78, 5) is 0. The smallest absolute Gasteiger partial charge is 0.161 e. The second-order valence-electron chi connectivity index (χ2n) is 6.07. The van der Waals surface area contributed by atoms with Crippen LogP contribution in [0.4, 0.5) is 0 Å². The molecule has 1 heterocycles. The molecular weight excluding hydrogens is 328 g/mol. The van der Waals surface area contributed by atoms with E-state index >= 15 is 0 Å². The first-order chi connectivity index (χ1) is 12.7. The summed E-state index contributed by atoms with van der Waals surface area (Å²) in [6, 6.07) is 20.0. The van der Waals surface area contributed by atoms with Crippen LogP contribution in [-0.2, 0) is 0 Å². The second kappa shape index (κ2) is 6.64. The minimum absolute atomic E-state index is 0.255. The summed E-state index contributed by atoms with van der Waals surface area (Å²) in [5.41, 5.74) is 4.18. The fourth-order valence-corrected chi connectivity index (χ4v) is 3.38. The molecule has 0 spiro atoms. The maximum absolute atomic E-state index is 6.37. The third-order valence-electron chi connectivity index (χ3n) is 4.66. The van der Waals surface area contributed by atoms with Gasteiger partial charge in [-0.15, -0.1) is 0 Å². The summed E-state index contributed by atoms with van der Waals surface area (Å²) >= 11 is 0. The van der Waals surface area contributed by atoms with Crippen LogP contribution < -0.4 is 18.9 Å². The minimum atomic E-state index is -0.255. The van der Waals surface area contributed by atoms with Gasteiger partial charge in [0.1, 0.15) is 17.6 Å². The summed E-state index contributed by atoms with van der Waals surface area (Å²) in [7, 11) is 4.95. The molecule has 0 N–H and O–H groups in total. The lowest BCUT2D eigenvalue weighted by atomic mass is 9.89. The minimum Gasteiger partial charge on any atom is -0.497 e. The van der Waals surface area contributed by atoms with Crippen molar-refractivity contribution in [3.63, 3.8) is 0 Å². The van der Waals surface area contributed by atoms with Crippen LogP contribution in [0.3, 0.4) is 0 Å². The van der Waals surface area contributed by atoms with Gasteiger partial charge in [0.25, 0.3) is 0 Å². The van der Waals surface area contributed by atoms with Crippen LogP contribution in [0.2, 0.25) is 0 Å². The van der Waals surface area contributed by atoms with Crippen LogP contribution in [0.15, 0.2) is 60.7 Å². The average Bonchev–Trinajstić information content (AvgIpc) is 2.72. The van der Waals surface area contributed by atoms with Gasteiger partial charge in [-0.05, 0) is 35.9 Å². The van der Waals surface area contributed by atoms with E-state index in [0.29, 0.717) is 11.5 Å². The molecule has 132 valence electrons. The first-order valence-electron chi connectivity index (χ1n) is 8.41. The van der Waals surface area contributed by atoms with Gasteiger partial charge in [0, 0.05) is 16.7 Å². The molecule has 0 fully saturated rings. The van der Waals surface area contributed by atoms with Gasteiger partial charge in [-0.1, -0.05) is 30.3 Å². The van der Waals surface area contributed by atoms with E-state index < -0.39 is 0 Å². The van der Waals surface area contributed by atoms with Gasteiger partial charge in [0.05, 0.1) is 21.3 Å². The largest absolute Gasteiger partial charge is 0.497 e. The van der Waals surface area contributed by atoms with Crippen LogP contribution in [0.25, 0.3) is 11.1 Å². The van der Waals surface area contributed by atoms with Gasteiger partial charge in [0.2, 0.25) is 0 Å². The molecule has 3 aromatic carbocycles. The van der Waals surface area contributed by atoms with Crippen molar-refractivity contribution in [3.8, 4) is 34.1 Å². The molecule has 4 heteroatoms. The van der Waals surface area contributed by atoms with Crippen molar-refractivity contribution < 1.29 is 18.9 Å². The number of benzene rings is 3. The number of hydrogen-bond donors (Lipinski definition) is 0. The molecule has 0 saturated carbocycles. The molecule has 1 aliphatic rings. The zero-order valence-electron chi connectivity index (χ0n) is 15.0. The molecule has 1 unspecified atom stereocenters. The Balaban J connectivity index is 1.94. The van der Waals surface area contributed by atoms with E-state index in [0.717, 1.165) is 33.8 Å². The third kappa shape index (κ3) is 2.64. The number of methoxy groups -OCH3 is 3. The summed E-state index contributed by atoms with van der Waals surface area (Å²) in [5, 5.41) is 0. The molecule has 0 radical (unpaired) electrons. The Kier molecular flexibility index (Phi) is 4.17. The van der Waals surface area contributed by atoms with E-state index in [-0.39, 0.29) is 6.10 Å². The molecule has 1 aliphatic heterocycles. The predicted octanol–water partition coefficient (Wildman–Crippen LogP) is 4.86. The summed E-state index contributed by atoms with van der Waals surface area (Å²) in [6.07, 6.45) is -0.255. The van der Waals surface area contributed by atoms with Crippen molar-refractivity contribution in [2.75, 3.05) is 21.3 Å². The number of rotatable bonds is 4. The van der Waals surface area contributed by atoms with Gasteiger partial charge in [-0.25, -0.2) is 0 Å². The molecule has 0 aromatic heterocycles. The van der Waals surface area contributed by atoms with Crippen molar-refractivity contribution in [2.45, 2.75) is 6.10 Å². The van der Waals surface area contributed by atoms with Crippen molar-refractivity contribution in [1.82, 2.24) is 0 Å². The topological polar surface area (TPSA) is 36.9 Å². The molecule has 3 aromatic rings. The third-order valence-corrected chi connectivity index (χ3v) is 4.66. The van der Waals surface area contributed by atoms with Crippen LogP contribution >= 0.6 is 0 Å². The Morgan fingerprint density at radius 2 is 1.50 bits per heavy atom. The second-order valence-corrected chi connectivity index (χ2v) is 6.07. The molecule has 0 saturated heterocycles. The van der Waals surface area contributed by atoms with E-state index in [1.54, 1.807) is 21.3 Å². The summed E-state index contributed by atoms with van der Waals surface area (Å²) in [5.74, 6) is 3.03. The van der Waals surface area contributed by atoms with Crippen molar-refractivity contribution >= 4 is 0 Å². The highest BCUT2D eigenvalue weighted by molar-refractivity contribution is 5.79. The first-order valence-corrected chi connectivity index (χ1v) is 8.41. The lowest BCUT2D eigenvalue weighted by Gasteiger charge is -2.30. The molecular formula is C22H20O4. The Morgan fingerprint density at radius 1 is 0.731 bits per heavy atom. The fraction of sp³-hybridized carbons (Fsp3) is 0.182. The van der Waals surface area contributed by atoms with E-state index in [1.807, 2.05) is 54.6 Å². The molecule has 4 rings (SSSR count). The molecule has 0 aliphatic carbocycles. The standard InChI is InChI=1S/C22H20O4/c1-23-15-8-6-7-14(11-15)22-18-13-21(25-3)20(24-2)12-17(18)16-9-4-5-10-19(16)26-22/h4-13,22H,1-3H3. The quantitative estimate of drug-likeness (QED) is 0.675. The molecule has 1 atom stereocenters. The van der Waals surface area contributed by atoms with E-state index in [2.05, 4.69) is 6.07 Å². The first kappa shape index (κ1) is 16.3. The Morgan fingerprint density at radius 3 is 2.27 bits per heavy atom. The van der Waals surface area contributed by atoms with Gasteiger partial charge in [-0.2, -0.15) is 0 Å². The van der Waals surface area contributed by atoms with Crippen LogP contribution in [0, 0.1) is 0 Å². The van der Waals surface area contributed by atoms with Gasteiger partial charge in [0.15, 0.2) is 11.5 Å². The van der Waals surface area contributed by atoms with Crippen LogP contribution in [0.1, 0.15) is 17.2 Å². The van der Waals surface area contributed by atoms with E-state index in [1.165, 1.54) is 0 Å². The highest BCUT2D eigenvalue weighted by Gasteiger charge is 2.29. The lowest BCUT2D eigenvalue weighted by Crippen LogP contribution is -2.16. The predicted molar refractivity (Wildman–Crippen MR) is 100 cm³/mol. The lowest BCUT2D eigenvalue weighted by molar-refractivity contribution is 0.242. The zero-order chi connectivity index (χ0) is 18.1. The van der Waals surface area contributed by atoms with Gasteiger partial charge < -0.3 is 18.9 Å². The highest BCUT2D eigenvalue weighted by atomic mass is 16.5. The Labute approximate surface area is 152 Å². The van der Waals surface area contributed by atoms with E-state index in [4.69, 9.17) is 18.9 Å². The number of ether oxygens (including phenoxy) is 4. The Hall–Kier alpha value is -3.14. The summed E-state index contributed by atoms with van der Waals surface area (Å²) in [6.45, 7) is 0. The number of para-hydroxylation sites is 1. The zero-order valence-corrected chi connectivity index (χ0v) is 15.0. The SMILES string of the molecule is COc1cccc(C2Oc3ccccc3-c3cc(OC)c(OC)cc32)c1. The normalized spacial score (nSPS) is 14.7. The highest BCUT2D eigenvalue weighted by Crippen LogP contribution is 2.48. The molecule has 26 heavy (non-hydrogen) atoms. The maximum atomic E-state index is 6.37. The number of hydrogen-bond acceptors (Lipinski definition) is 4. The summed E-state index contributed by atoms with van der Waals surface area (Å²) < 4.78 is 22.8. The van der Waals surface area contributed by atoms with E-state index in [9.17, 15) is 0 Å². The fourth-order valence-electron chi connectivity index (χ4n) is 3.38. The average molecular weight is 348 g/mol. The molecule has 0 bridgehead atoms. The Bertz CT molecular complexity index is 949. The number of fused-ring (bicyclic) bond motifs is 3. The monoisotopic (exact) mass is 348 g/mol.